The summed E-state index contributed by atoms with van der Waals surface area (Å²) in [5.41, 5.74) is 1.50. The summed E-state index contributed by atoms with van der Waals surface area (Å²) in [4.78, 5) is 19.0. The summed E-state index contributed by atoms with van der Waals surface area (Å²) in [6.07, 6.45) is 0. The summed E-state index contributed by atoms with van der Waals surface area (Å²) < 4.78 is 0.975. The predicted molar refractivity (Wildman–Crippen MR) is 108 cm³/mol. The van der Waals surface area contributed by atoms with Gasteiger partial charge in [0.1, 0.15) is 10.3 Å². The highest BCUT2D eigenvalue weighted by molar-refractivity contribution is 9.10. The van der Waals surface area contributed by atoms with Crippen LogP contribution in [-0.4, -0.2) is 21.0 Å². The van der Waals surface area contributed by atoms with Gasteiger partial charge >= 0.3 is 5.97 Å². The number of aromatic carboxylic acids is 1. The standard InChI is InChI=1S/C10H6ClNO2.C9H5BrClN/c11-8-5-4-6-2-1-3-7(10(13)14)9(6)12-8;10-7-3-1-2-6-4-5-8(11)12-9(6)7/h1-5H,(H,13,14);1-5H. The van der Waals surface area contributed by atoms with Crippen molar-refractivity contribution in [3.63, 3.8) is 0 Å². The Balaban J connectivity index is 0.000000152. The zero-order chi connectivity index (χ0) is 18.7. The van der Waals surface area contributed by atoms with Crippen LogP contribution in [0.2, 0.25) is 10.3 Å². The smallest absolute Gasteiger partial charge is 0.337 e. The van der Waals surface area contributed by atoms with Crippen molar-refractivity contribution < 1.29 is 9.90 Å². The number of carboxylic acid groups (broad SMARTS) is 1. The summed E-state index contributed by atoms with van der Waals surface area (Å²) in [6, 6.07) is 18.0. The molecule has 1 N–H and O–H groups in total. The molecule has 0 unspecified atom stereocenters. The van der Waals surface area contributed by atoms with Crippen molar-refractivity contribution in [1.29, 1.82) is 0 Å². The molecule has 4 nitrogen and oxygen atoms in total. The molecule has 26 heavy (non-hydrogen) atoms. The van der Waals surface area contributed by atoms with E-state index in [9.17, 15) is 4.79 Å². The van der Waals surface area contributed by atoms with Crippen LogP contribution in [0.4, 0.5) is 0 Å². The van der Waals surface area contributed by atoms with Crippen LogP contribution in [0.1, 0.15) is 10.4 Å². The van der Waals surface area contributed by atoms with Crippen molar-refractivity contribution in [3.8, 4) is 0 Å². The Morgan fingerprint density at radius 3 is 1.96 bits per heavy atom. The zero-order valence-corrected chi connectivity index (χ0v) is 16.3. The molecule has 0 aliphatic carbocycles. The molecule has 4 rings (SSSR count). The van der Waals surface area contributed by atoms with Gasteiger partial charge in [0.25, 0.3) is 0 Å². The molecule has 2 aromatic heterocycles. The molecular weight excluding hydrogens is 439 g/mol. The Morgan fingerprint density at radius 2 is 1.35 bits per heavy atom. The fourth-order valence-electron chi connectivity index (χ4n) is 2.38. The summed E-state index contributed by atoms with van der Waals surface area (Å²) in [6.45, 7) is 0. The molecule has 0 spiro atoms. The molecule has 0 aliphatic rings. The summed E-state index contributed by atoms with van der Waals surface area (Å²) in [7, 11) is 0. The number of hydrogen-bond donors (Lipinski definition) is 1. The first-order valence-electron chi connectivity index (χ1n) is 7.45. The van der Waals surface area contributed by atoms with Crippen molar-refractivity contribution in [3.05, 3.63) is 81.0 Å². The quantitative estimate of drug-likeness (QED) is 0.349. The van der Waals surface area contributed by atoms with Crippen LogP contribution in [0.25, 0.3) is 21.8 Å². The molecule has 0 aliphatic heterocycles. The van der Waals surface area contributed by atoms with Crippen LogP contribution < -0.4 is 0 Å². The normalized spacial score (nSPS) is 10.4. The highest BCUT2D eigenvalue weighted by atomic mass is 79.9. The van der Waals surface area contributed by atoms with Crippen molar-refractivity contribution in [2.24, 2.45) is 0 Å². The van der Waals surface area contributed by atoms with Gasteiger partial charge in [-0.05, 0) is 52.3 Å². The van der Waals surface area contributed by atoms with E-state index in [4.69, 9.17) is 28.3 Å². The van der Waals surface area contributed by atoms with Crippen molar-refractivity contribution in [1.82, 2.24) is 9.97 Å². The number of hydrogen-bond acceptors (Lipinski definition) is 3. The fourth-order valence-corrected chi connectivity index (χ4v) is 3.15. The minimum Gasteiger partial charge on any atom is -0.478 e. The average Bonchev–Trinajstić information content (AvgIpc) is 2.62. The second-order valence-corrected chi connectivity index (χ2v) is 6.89. The zero-order valence-electron chi connectivity index (χ0n) is 13.2. The van der Waals surface area contributed by atoms with E-state index in [0.717, 1.165) is 20.8 Å². The monoisotopic (exact) mass is 448 g/mol. The third kappa shape index (κ3) is 4.12. The second kappa shape index (κ2) is 7.99. The number of rotatable bonds is 1. The fraction of sp³-hybridized carbons (Fsp3) is 0. The molecule has 0 atom stereocenters. The SMILES string of the molecule is Clc1ccc2cccc(Br)c2n1.O=C(O)c1cccc2ccc(Cl)nc12. The van der Waals surface area contributed by atoms with Gasteiger partial charge in [-0.3, -0.25) is 0 Å². The highest BCUT2D eigenvalue weighted by Gasteiger charge is 2.09. The number of carboxylic acids is 1. The number of para-hydroxylation sites is 2. The van der Waals surface area contributed by atoms with E-state index < -0.39 is 5.97 Å². The van der Waals surface area contributed by atoms with E-state index >= 15 is 0 Å². The number of halogens is 3. The Bertz CT molecular complexity index is 1120. The van der Waals surface area contributed by atoms with Gasteiger partial charge < -0.3 is 5.11 Å². The predicted octanol–water partition coefficient (Wildman–Crippen LogP) is 6.24. The molecule has 0 saturated heterocycles. The second-order valence-electron chi connectivity index (χ2n) is 5.26. The van der Waals surface area contributed by atoms with Crippen LogP contribution in [0.3, 0.4) is 0 Å². The van der Waals surface area contributed by atoms with Gasteiger partial charge in [-0.2, -0.15) is 0 Å². The summed E-state index contributed by atoms with van der Waals surface area (Å²) in [5, 5.41) is 11.6. The van der Waals surface area contributed by atoms with E-state index in [2.05, 4.69) is 25.9 Å². The Hall–Kier alpha value is -2.21. The lowest BCUT2D eigenvalue weighted by atomic mass is 10.1. The molecule has 0 fully saturated rings. The van der Waals surface area contributed by atoms with Gasteiger partial charge in [0.05, 0.1) is 16.6 Å². The number of pyridine rings is 2. The molecule has 2 heterocycles. The third-order valence-corrected chi connectivity index (χ3v) is 4.61. The molecule has 4 aromatic rings. The molecule has 0 bridgehead atoms. The van der Waals surface area contributed by atoms with Gasteiger partial charge in [0.15, 0.2) is 0 Å². The average molecular weight is 450 g/mol. The van der Waals surface area contributed by atoms with E-state index in [1.54, 1.807) is 30.3 Å². The highest BCUT2D eigenvalue weighted by Crippen LogP contribution is 2.23. The van der Waals surface area contributed by atoms with Gasteiger partial charge in [-0.25, -0.2) is 14.8 Å². The van der Waals surface area contributed by atoms with Gasteiger partial charge in [-0.15, -0.1) is 0 Å². The maximum Gasteiger partial charge on any atom is 0.337 e. The van der Waals surface area contributed by atoms with Gasteiger partial charge in [0, 0.05) is 15.2 Å². The van der Waals surface area contributed by atoms with Crippen molar-refractivity contribution in [2.45, 2.75) is 0 Å². The van der Waals surface area contributed by atoms with Gasteiger partial charge in [-0.1, -0.05) is 47.5 Å². The first-order valence-corrected chi connectivity index (χ1v) is 9.00. The lowest BCUT2D eigenvalue weighted by Crippen LogP contribution is -1.98. The van der Waals surface area contributed by atoms with Crippen LogP contribution in [-0.2, 0) is 0 Å². The Kier molecular flexibility index (Phi) is 5.71. The maximum atomic E-state index is 10.8. The largest absolute Gasteiger partial charge is 0.478 e. The van der Waals surface area contributed by atoms with Crippen LogP contribution in [0.15, 0.2) is 65.1 Å². The molecule has 0 saturated carbocycles. The lowest BCUT2D eigenvalue weighted by Gasteiger charge is -2.00. The van der Waals surface area contributed by atoms with Crippen molar-refractivity contribution in [2.75, 3.05) is 0 Å². The molecule has 2 aromatic carbocycles. The van der Waals surface area contributed by atoms with Gasteiger partial charge in [0.2, 0.25) is 0 Å². The molecule has 7 heteroatoms. The number of nitrogens with zero attached hydrogens (tertiary/aromatic N) is 2. The molecule has 0 amide bonds. The topological polar surface area (TPSA) is 63.1 Å². The maximum absolute atomic E-state index is 10.8. The van der Waals surface area contributed by atoms with E-state index in [1.165, 1.54) is 6.07 Å². The van der Waals surface area contributed by atoms with Crippen LogP contribution in [0.5, 0.6) is 0 Å². The minimum absolute atomic E-state index is 0.171. The number of fused-ring (bicyclic) bond motifs is 2. The Morgan fingerprint density at radius 1 is 0.808 bits per heavy atom. The number of carbonyl (C=O) groups is 1. The summed E-state index contributed by atoms with van der Waals surface area (Å²) >= 11 is 14.9. The van der Waals surface area contributed by atoms with E-state index in [0.29, 0.717) is 15.8 Å². The number of benzene rings is 2. The molecule has 0 radical (unpaired) electrons. The first kappa shape index (κ1) is 18.6. The first-order chi connectivity index (χ1) is 12.5. The number of aromatic nitrogens is 2. The third-order valence-electron chi connectivity index (χ3n) is 3.55. The van der Waals surface area contributed by atoms with E-state index in [1.807, 2.05) is 24.3 Å². The van der Waals surface area contributed by atoms with Crippen molar-refractivity contribution >= 4 is 66.9 Å². The van der Waals surface area contributed by atoms with Crippen LogP contribution >= 0.6 is 39.1 Å². The lowest BCUT2D eigenvalue weighted by molar-refractivity contribution is 0.0699. The molecular formula is C19H11BrCl2N2O2. The Labute approximate surface area is 167 Å². The molecule has 130 valence electrons. The van der Waals surface area contributed by atoms with E-state index in [-0.39, 0.29) is 5.56 Å². The minimum atomic E-state index is -0.995. The summed E-state index contributed by atoms with van der Waals surface area (Å²) in [5.74, 6) is -0.995. The van der Waals surface area contributed by atoms with Crippen LogP contribution in [0, 0.1) is 0 Å².